The normalized spacial score (nSPS) is 17.2. The van der Waals surface area contributed by atoms with E-state index in [0.717, 1.165) is 4.57 Å². The summed E-state index contributed by atoms with van der Waals surface area (Å²) in [6.07, 6.45) is 0. The van der Waals surface area contributed by atoms with E-state index in [1.54, 1.807) is 60.7 Å². The second kappa shape index (κ2) is 11.9. The first-order valence-corrected chi connectivity index (χ1v) is 17.3. The first-order chi connectivity index (χ1) is 36.5. The first-order valence-electron chi connectivity index (χ1n) is 27.8. The maximum absolute atomic E-state index is 10.3. The summed E-state index contributed by atoms with van der Waals surface area (Å²) in [5.41, 5.74) is -1.38. The van der Waals surface area contributed by atoms with E-state index in [1.807, 2.05) is 0 Å². The van der Waals surface area contributed by atoms with Crippen molar-refractivity contribution in [3.8, 4) is 34.4 Å². The predicted molar refractivity (Wildman–Crippen MR) is 232 cm³/mol. The van der Waals surface area contributed by atoms with E-state index in [-0.39, 0.29) is 39.4 Å². The van der Waals surface area contributed by atoms with Gasteiger partial charge in [-0.1, -0.05) is 163 Å². The Hall–Kier alpha value is -7.63. The van der Waals surface area contributed by atoms with Gasteiger partial charge in [0.15, 0.2) is 11.6 Å². The molecule has 5 nitrogen and oxygen atoms in total. The molecule has 0 unspecified atom stereocenters. The van der Waals surface area contributed by atoms with Crippen LogP contribution in [0.4, 0.5) is 0 Å². The zero-order valence-corrected chi connectivity index (χ0v) is 28.5. The molecule has 12 rings (SSSR count). The zero-order chi connectivity index (χ0) is 55.0. The van der Waals surface area contributed by atoms with Gasteiger partial charge in [0.25, 0.3) is 0 Å². The molecule has 5 heteroatoms. The number of rotatable bonds is 4. The van der Waals surface area contributed by atoms with E-state index in [4.69, 9.17) is 30.0 Å². The average Bonchev–Trinajstić information content (AvgIpc) is 4.21. The Labute approximate surface area is 350 Å². The summed E-state index contributed by atoms with van der Waals surface area (Å²) >= 11 is 0. The van der Waals surface area contributed by atoms with Gasteiger partial charge in [0.05, 0.1) is 50.9 Å². The molecule has 56 heavy (non-hydrogen) atoms. The maximum atomic E-state index is 10.3. The molecular formula is C51H31N5. The van der Waals surface area contributed by atoms with Crippen LogP contribution >= 0.6 is 0 Å². The molecule has 0 amide bonds. The van der Waals surface area contributed by atoms with Crippen molar-refractivity contribution in [3.63, 3.8) is 0 Å². The van der Waals surface area contributed by atoms with E-state index < -0.39 is 187 Å². The van der Waals surface area contributed by atoms with Gasteiger partial charge >= 0.3 is 0 Å². The molecule has 9 aromatic carbocycles. The minimum absolute atomic E-state index is 0.0572. The van der Waals surface area contributed by atoms with Gasteiger partial charge in [-0.3, -0.25) is 4.57 Å². The van der Waals surface area contributed by atoms with Gasteiger partial charge < -0.3 is 4.57 Å². The lowest BCUT2D eigenvalue weighted by Crippen LogP contribution is -2.07. The molecule has 0 aliphatic rings. The molecule has 0 saturated heterocycles. The number of benzene rings is 9. The number of hydrogen-bond donors (Lipinski definition) is 0. The molecule has 0 aliphatic heterocycles. The van der Waals surface area contributed by atoms with Crippen molar-refractivity contribution in [3.05, 3.63) is 188 Å². The minimum atomic E-state index is -0.915. The van der Waals surface area contributed by atoms with E-state index in [9.17, 15) is 13.7 Å². The highest BCUT2D eigenvalue weighted by Crippen LogP contribution is 2.43. The molecular weight excluding hydrogens is 683 g/mol. The van der Waals surface area contributed by atoms with Crippen molar-refractivity contribution in [1.82, 2.24) is 24.1 Å². The van der Waals surface area contributed by atoms with Gasteiger partial charge in [0.2, 0.25) is 5.95 Å². The second-order valence-electron chi connectivity index (χ2n) is 12.8. The van der Waals surface area contributed by atoms with E-state index in [0.29, 0.717) is 11.1 Å². The highest BCUT2D eigenvalue weighted by atomic mass is 15.2. The second-order valence-corrected chi connectivity index (χ2v) is 12.8. The van der Waals surface area contributed by atoms with Crippen LogP contribution in [0.3, 0.4) is 0 Å². The standard InChI is InChI=1S/C51H31N5/c1-3-15-32(16-4-1)49-52-50(33-17-5-2-6-18-33)54-51(53-49)56-46-26-14-12-24-41(46)43-30-29-42-40-23-11-13-25-45(40)55(47(42)48(43)56)34-27-28-39-37-21-8-7-19-35(37)36-20-9-10-22-38(36)44(39)31-34/h1-31H/i7D,8D,9D,10D,11D,12D,13D,14D,19D,20D,21D,22D,23D,24D,25D,26D,27D,28D,29D,30D,31D. The van der Waals surface area contributed by atoms with Crippen LogP contribution < -0.4 is 0 Å². The largest absolute Gasteiger partial charge is 0.307 e. The van der Waals surface area contributed by atoms with E-state index >= 15 is 0 Å². The Morgan fingerprint density at radius 3 is 1.30 bits per heavy atom. The number of hydrogen-bond acceptors (Lipinski definition) is 3. The van der Waals surface area contributed by atoms with Gasteiger partial charge in [0, 0.05) is 38.4 Å². The highest BCUT2D eigenvalue weighted by Gasteiger charge is 2.24. The van der Waals surface area contributed by atoms with Crippen LogP contribution in [-0.2, 0) is 0 Å². The lowest BCUT2D eigenvalue weighted by molar-refractivity contribution is 0.953. The first kappa shape index (κ1) is 16.8. The van der Waals surface area contributed by atoms with Crippen LogP contribution in [0.2, 0.25) is 0 Å². The average molecular weight is 735 g/mol. The highest BCUT2D eigenvalue weighted by molar-refractivity contribution is 6.27. The number of nitrogens with zero attached hydrogens (tertiary/aromatic N) is 5. The van der Waals surface area contributed by atoms with Crippen LogP contribution in [-0.4, -0.2) is 24.1 Å². The molecule has 0 radical (unpaired) electrons. The van der Waals surface area contributed by atoms with Gasteiger partial charge in [0.1, 0.15) is 0 Å². The Morgan fingerprint density at radius 2 is 0.768 bits per heavy atom. The lowest BCUT2D eigenvalue weighted by atomic mass is 9.94. The van der Waals surface area contributed by atoms with Gasteiger partial charge in [-0.2, -0.15) is 9.97 Å². The molecule has 0 fully saturated rings. The molecule has 3 heterocycles. The third-order valence-corrected chi connectivity index (χ3v) is 9.78. The molecule has 0 N–H and O–H groups in total. The molecule has 3 aromatic heterocycles. The van der Waals surface area contributed by atoms with E-state index in [2.05, 4.69) is 0 Å². The molecule has 0 atom stereocenters. The molecule has 0 spiro atoms. The summed E-state index contributed by atoms with van der Waals surface area (Å²) in [5.74, 6) is -0.222. The van der Waals surface area contributed by atoms with Crippen molar-refractivity contribution < 1.29 is 28.8 Å². The Bertz CT molecular complexity index is 4650. The van der Waals surface area contributed by atoms with Gasteiger partial charge in [-0.15, -0.1) is 0 Å². The molecule has 12 aromatic rings. The molecule has 0 aliphatic carbocycles. The Balaban J connectivity index is 1.43. The molecule has 0 bridgehead atoms. The summed E-state index contributed by atoms with van der Waals surface area (Å²) in [4.78, 5) is 14.6. The Kier molecular flexibility index (Phi) is 3.58. The fourth-order valence-corrected chi connectivity index (χ4v) is 7.39. The Morgan fingerprint density at radius 1 is 0.357 bits per heavy atom. The summed E-state index contributed by atoms with van der Waals surface area (Å²) in [6.45, 7) is 0. The van der Waals surface area contributed by atoms with Crippen molar-refractivity contribution in [2.24, 2.45) is 0 Å². The van der Waals surface area contributed by atoms with Crippen LogP contribution in [0.1, 0.15) is 28.8 Å². The van der Waals surface area contributed by atoms with Crippen molar-refractivity contribution >= 4 is 75.9 Å². The third-order valence-electron chi connectivity index (χ3n) is 9.78. The number of para-hydroxylation sites is 2. The smallest absolute Gasteiger partial charge is 0.238 e. The molecule has 0 saturated carbocycles. The monoisotopic (exact) mass is 734 g/mol. The fraction of sp³-hybridized carbons (Fsp3) is 0. The number of aromatic nitrogens is 5. The van der Waals surface area contributed by atoms with Crippen LogP contribution in [0, 0.1) is 0 Å². The summed E-state index contributed by atoms with van der Waals surface area (Å²) < 4.78 is 197. The van der Waals surface area contributed by atoms with Crippen LogP contribution in [0.5, 0.6) is 0 Å². The van der Waals surface area contributed by atoms with Crippen LogP contribution in [0.25, 0.3) is 110 Å². The summed E-state index contributed by atoms with van der Waals surface area (Å²) in [6, 6.07) is 0.933. The maximum Gasteiger partial charge on any atom is 0.238 e. The van der Waals surface area contributed by atoms with Gasteiger partial charge in [-0.05, 0) is 56.5 Å². The number of fused-ring (bicyclic) bond motifs is 13. The SMILES string of the molecule is [2H]c1c([2H])c([2H])c2c(c1[2H])c1c([2H])c([2H])c([2H])c([2H])c1c1c([2H])c(-n3c4c([2H])c([2H])c([2H])c([2H])c4c4c([2H])c([2H])c5c6c([2H])c([2H])c([2H])c([2H])c6n(-c6nc(-c7ccccc7)nc(-c7ccccc7)n6)c5c43)c([2H])c([2H])c21. The third kappa shape index (κ3) is 4.46. The topological polar surface area (TPSA) is 48.5 Å². The van der Waals surface area contributed by atoms with Crippen molar-refractivity contribution in [2.45, 2.75) is 0 Å². The predicted octanol–water partition coefficient (Wildman–Crippen LogP) is 12.9. The minimum Gasteiger partial charge on any atom is -0.307 e. The quantitative estimate of drug-likeness (QED) is 0.169. The summed E-state index contributed by atoms with van der Waals surface area (Å²) in [5, 5.41) is -4.35. The zero-order valence-electron chi connectivity index (χ0n) is 49.5. The lowest BCUT2D eigenvalue weighted by Gasteiger charge is -2.15. The van der Waals surface area contributed by atoms with Gasteiger partial charge in [-0.25, -0.2) is 4.98 Å². The molecule has 260 valence electrons. The van der Waals surface area contributed by atoms with Crippen LogP contribution in [0.15, 0.2) is 188 Å². The fourth-order valence-electron chi connectivity index (χ4n) is 7.39. The summed E-state index contributed by atoms with van der Waals surface area (Å²) in [7, 11) is 0. The van der Waals surface area contributed by atoms with E-state index in [1.165, 1.54) is 4.57 Å². The van der Waals surface area contributed by atoms with Crippen molar-refractivity contribution in [1.29, 1.82) is 0 Å². The van der Waals surface area contributed by atoms with Crippen molar-refractivity contribution in [2.75, 3.05) is 0 Å².